The van der Waals surface area contributed by atoms with Crippen LogP contribution < -0.4 is 4.72 Å². The van der Waals surface area contributed by atoms with Crippen molar-refractivity contribution >= 4 is 60.9 Å². The summed E-state index contributed by atoms with van der Waals surface area (Å²) in [6.45, 7) is 0. The van der Waals surface area contributed by atoms with E-state index in [2.05, 4.69) is 27.3 Å². The first kappa shape index (κ1) is 15.8. The van der Waals surface area contributed by atoms with Crippen LogP contribution in [0.15, 0.2) is 41.3 Å². The fraction of sp³-hybridized carbons (Fsp3) is 0. The average molecular weight is 519 g/mol. The monoisotopic (exact) mass is 519 g/mol. The van der Waals surface area contributed by atoms with Crippen molar-refractivity contribution in [1.29, 1.82) is 0 Å². The maximum absolute atomic E-state index is 12.9. The van der Waals surface area contributed by atoms with Crippen molar-refractivity contribution in [2.45, 2.75) is 4.90 Å². The fourth-order valence-electron chi connectivity index (χ4n) is 1.49. The van der Waals surface area contributed by atoms with Gasteiger partial charge in [-0.05, 0) is 75.5 Å². The Morgan fingerprint density at radius 1 is 1.10 bits per heavy atom. The summed E-state index contributed by atoms with van der Waals surface area (Å²) in [5.74, 6) is -1.33. The fourth-order valence-corrected chi connectivity index (χ4v) is 3.79. The SMILES string of the molecule is O=S(=O)(Nc1cc(I)ccc1I)c1ccc(F)cc1O. The molecule has 0 bridgehead atoms. The number of rotatable bonds is 3. The third-order valence-electron chi connectivity index (χ3n) is 2.38. The van der Waals surface area contributed by atoms with Gasteiger partial charge in [0.25, 0.3) is 10.0 Å². The number of anilines is 1. The summed E-state index contributed by atoms with van der Waals surface area (Å²) >= 11 is 4.06. The second-order valence-electron chi connectivity index (χ2n) is 3.84. The normalized spacial score (nSPS) is 11.3. The molecule has 2 aromatic carbocycles. The van der Waals surface area contributed by atoms with Gasteiger partial charge in [-0.2, -0.15) is 0 Å². The Labute approximate surface area is 142 Å². The quantitative estimate of drug-likeness (QED) is 0.611. The summed E-state index contributed by atoms with van der Waals surface area (Å²) in [7, 11) is -3.97. The minimum Gasteiger partial charge on any atom is -0.506 e. The maximum atomic E-state index is 12.9. The van der Waals surface area contributed by atoms with E-state index < -0.39 is 21.6 Å². The van der Waals surface area contributed by atoms with E-state index in [1.54, 1.807) is 12.1 Å². The number of benzene rings is 2. The van der Waals surface area contributed by atoms with Gasteiger partial charge in [0.2, 0.25) is 0 Å². The van der Waals surface area contributed by atoms with Crippen LogP contribution in [-0.2, 0) is 10.0 Å². The zero-order valence-electron chi connectivity index (χ0n) is 9.77. The number of nitrogens with one attached hydrogen (secondary N) is 1. The van der Waals surface area contributed by atoms with Crippen molar-refractivity contribution in [3.63, 3.8) is 0 Å². The smallest absolute Gasteiger partial charge is 0.265 e. The van der Waals surface area contributed by atoms with Gasteiger partial charge in [0, 0.05) is 13.2 Å². The molecule has 2 aromatic rings. The van der Waals surface area contributed by atoms with Gasteiger partial charge in [0.05, 0.1) is 5.69 Å². The molecule has 0 aliphatic carbocycles. The molecule has 0 fully saturated rings. The summed E-state index contributed by atoms with van der Waals surface area (Å²) in [6.07, 6.45) is 0. The van der Waals surface area contributed by atoms with Crippen molar-refractivity contribution in [3.8, 4) is 5.75 Å². The summed E-state index contributed by atoms with van der Waals surface area (Å²) in [4.78, 5) is -0.367. The van der Waals surface area contributed by atoms with Crippen LogP contribution in [-0.4, -0.2) is 13.5 Å². The molecule has 0 unspecified atom stereocenters. The standard InChI is InChI=1S/C12H8FI2NO3S/c13-7-1-4-12(11(17)5-7)20(18,19)16-10-6-8(14)2-3-9(10)15/h1-6,16-17H. The molecule has 0 saturated carbocycles. The molecule has 0 radical (unpaired) electrons. The van der Waals surface area contributed by atoms with Gasteiger partial charge in [-0.1, -0.05) is 0 Å². The lowest BCUT2D eigenvalue weighted by Crippen LogP contribution is -2.14. The van der Waals surface area contributed by atoms with E-state index in [-0.39, 0.29) is 4.90 Å². The van der Waals surface area contributed by atoms with E-state index in [1.165, 1.54) is 0 Å². The minimum atomic E-state index is -3.97. The third kappa shape index (κ3) is 3.52. The molecule has 0 aliphatic rings. The second-order valence-corrected chi connectivity index (χ2v) is 7.90. The first-order chi connectivity index (χ1) is 9.29. The Bertz CT molecular complexity index is 765. The van der Waals surface area contributed by atoms with Crippen LogP contribution in [0, 0.1) is 13.0 Å². The van der Waals surface area contributed by atoms with Crippen LogP contribution >= 0.6 is 45.2 Å². The third-order valence-corrected chi connectivity index (χ3v) is 5.41. The number of hydrogen-bond acceptors (Lipinski definition) is 3. The summed E-state index contributed by atoms with van der Waals surface area (Å²) in [6, 6.07) is 8.04. The molecule has 8 heteroatoms. The van der Waals surface area contributed by atoms with E-state index in [9.17, 15) is 17.9 Å². The highest BCUT2D eigenvalue weighted by atomic mass is 127. The zero-order chi connectivity index (χ0) is 14.9. The average Bonchev–Trinajstić information content (AvgIpc) is 2.33. The van der Waals surface area contributed by atoms with E-state index in [0.29, 0.717) is 9.26 Å². The van der Waals surface area contributed by atoms with Crippen molar-refractivity contribution in [3.05, 3.63) is 49.4 Å². The van der Waals surface area contributed by atoms with E-state index in [0.717, 1.165) is 21.8 Å². The van der Waals surface area contributed by atoms with Gasteiger partial charge in [0.1, 0.15) is 16.5 Å². The lowest BCUT2D eigenvalue weighted by molar-refractivity contribution is 0.453. The number of hydrogen-bond donors (Lipinski definition) is 2. The van der Waals surface area contributed by atoms with Crippen LogP contribution in [0.2, 0.25) is 0 Å². The van der Waals surface area contributed by atoms with Crippen molar-refractivity contribution in [2.24, 2.45) is 0 Å². The largest absolute Gasteiger partial charge is 0.506 e. The van der Waals surface area contributed by atoms with Gasteiger partial charge >= 0.3 is 0 Å². The molecule has 2 N–H and O–H groups in total. The van der Waals surface area contributed by atoms with Crippen molar-refractivity contribution in [1.82, 2.24) is 0 Å². The second kappa shape index (κ2) is 6.02. The Kier molecular flexibility index (Phi) is 4.74. The molecular weight excluding hydrogens is 511 g/mol. The lowest BCUT2D eigenvalue weighted by Gasteiger charge is -2.11. The van der Waals surface area contributed by atoms with Gasteiger partial charge in [-0.15, -0.1) is 0 Å². The van der Waals surface area contributed by atoms with Crippen molar-refractivity contribution < 1.29 is 17.9 Å². The van der Waals surface area contributed by atoms with Gasteiger partial charge in [-0.3, -0.25) is 4.72 Å². The van der Waals surface area contributed by atoms with Gasteiger partial charge in [0.15, 0.2) is 0 Å². The predicted octanol–water partition coefficient (Wildman–Crippen LogP) is 3.54. The first-order valence-electron chi connectivity index (χ1n) is 5.26. The number of halogens is 3. The topological polar surface area (TPSA) is 66.4 Å². The maximum Gasteiger partial charge on any atom is 0.265 e. The van der Waals surface area contributed by atoms with E-state index in [1.807, 2.05) is 28.7 Å². The zero-order valence-corrected chi connectivity index (χ0v) is 14.9. The molecule has 0 amide bonds. The van der Waals surface area contributed by atoms with Gasteiger partial charge in [-0.25, -0.2) is 12.8 Å². The molecule has 106 valence electrons. The highest BCUT2D eigenvalue weighted by molar-refractivity contribution is 14.1. The predicted molar refractivity (Wildman–Crippen MR) is 90.7 cm³/mol. The van der Waals surface area contributed by atoms with Crippen LogP contribution in [0.5, 0.6) is 5.75 Å². The molecule has 20 heavy (non-hydrogen) atoms. The molecule has 0 saturated heterocycles. The van der Waals surface area contributed by atoms with Crippen molar-refractivity contribution in [2.75, 3.05) is 4.72 Å². The van der Waals surface area contributed by atoms with E-state index >= 15 is 0 Å². The lowest BCUT2D eigenvalue weighted by atomic mass is 10.3. The number of phenolic OH excluding ortho intramolecular Hbond substituents is 1. The highest BCUT2D eigenvalue weighted by Gasteiger charge is 2.20. The van der Waals surface area contributed by atoms with Gasteiger partial charge < -0.3 is 5.11 Å². The van der Waals surface area contributed by atoms with E-state index in [4.69, 9.17) is 0 Å². The minimum absolute atomic E-state index is 0.367. The molecule has 0 heterocycles. The number of phenols is 1. The Balaban J connectivity index is 2.43. The molecule has 0 aliphatic heterocycles. The summed E-state index contributed by atoms with van der Waals surface area (Å²) < 4.78 is 41.3. The Morgan fingerprint density at radius 3 is 2.45 bits per heavy atom. The Morgan fingerprint density at radius 2 is 1.80 bits per heavy atom. The van der Waals surface area contributed by atoms with Crippen LogP contribution in [0.4, 0.5) is 10.1 Å². The number of sulfonamides is 1. The molecular formula is C12H8FI2NO3S. The van der Waals surface area contributed by atoms with Crippen LogP contribution in [0.25, 0.3) is 0 Å². The highest BCUT2D eigenvalue weighted by Crippen LogP contribution is 2.28. The summed E-state index contributed by atoms with van der Waals surface area (Å²) in [5.41, 5.74) is 0.404. The molecule has 0 spiro atoms. The molecule has 4 nitrogen and oxygen atoms in total. The molecule has 2 rings (SSSR count). The molecule has 0 atom stereocenters. The Hall–Kier alpha value is -0.620. The summed E-state index contributed by atoms with van der Waals surface area (Å²) in [5, 5.41) is 9.57. The first-order valence-corrected chi connectivity index (χ1v) is 8.90. The van der Waals surface area contributed by atoms with Crippen LogP contribution in [0.1, 0.15) is 0 Å². The number of aromatic hydroxyl groups is 1. The molecule has 0 aromatic heterocycles. The van der Waals surface area contributed by atoms with Crippen LogP contribution in [0.3, 0.4) is 0 Å².